The minimum atomic E-state index is -0.719. The average molecular weight is 413 g/mol. The number of nitrogens with one attached hydrogen (secondary N) is 1. The van der Waals surface area contributed by atoms with Gasteiger partial charge < -0.3 is 24.8 Å². The fraction of sp³-hybridized carbons (Fsp3) is 0.524. The fourth-order valence-corrected chi connectivity index (χ4v) is 3.94. The SMILES string of the molecule is CC[C@@H](N=C1NC=NC2C1N=CN2[C@H]1CC(O)[C@@H](COC(C)=O)O1)c1ccccc1. The van der Waals surface area contributed by atoms with Gasteiger partial charge in [0.1, 0.15) is 30.8 Å². The Morgan fingerprint density at radius 1 is 1.40 bits per heavy atom. The molecule has 3 unspecified atom stereocenters. The van der Waals surface area contributed by atoms with Crippen LogP contribution in [0.1, 0.15) is 38.3 Å². The van der Waals surface area contributed by atoms with Crippen LogP contribution in [0.15, 0.2) is 45.3 Å². The van der Waals surface area contributed by atoms with E-state index in [4.69, 9.17) is 14.5 Å². The van der Waals surface area contributed by atoms with Crippen molar-refractivity contribution in [2.45, 2.75) is 63.4 Å². The summed E-state index contributed by atoms with van der Waals surface area (Å²) in [6, 6.07) is 9.95. The van der Waals surface area contributed by atoms with E-state index >= 15 is 0 Å². The Kier molecular flexibility index (Phi) is 6.10. The third-order valence-corrected chi connectivity index (χ3v) is 5.52. The number of carbonyl (C=O) groups excluding carboxylic acids is 1. The second-order valence-electron chi connectivity index (χ2n) is 7.58. The molecule has 3 aliphatic heterocycles. The van der Waals surface area contributed by atoms with Crippen LogP contribution in [-0.4, -0.2) is 71.7 Å². The van der Waals surface area contributed by atoms with E-state index in [1.165, 1.54) is 6.92 Å². The Labute approximate surface area is 175 Å². The van der Waals surface area contributed by atoms with Gasteiger partial charge in [-0.2, -0.15) is 0 Å². The van der Waals surface area contributed by atoms with Crippen molar-refractivity contribution in [1.82, 2.24) is 10.2 Å². The maximum absolute atomic E-state index is 11.1. The van der Waals surface area contributed by atoms with Crippen molar-refractivity contribution in [2.75, 3.05) is 6.61 Å². The van der Waals surface area contributed by atoms with Crippen LogP contribution in [0.5, 0.6) is 0 Å². The van der Waals surface area contributed by atoms with Crippen LogP contribution in [-0.2, 0) is 14.3 Å². The molecule has 2 N–H and O–H groups in total. The van der Waals surface area contributed by atoms with E-state index in [1.54, 1.807) is 12.7 Å². The van der Waals surface area contributed by atoms with Crippen LogP contribution in [0.4, 0.5) is 0 Å². The Morgan fingerprint density at radius 2 is 2.20 bits per heavy atom. The van der Waals surface area contributed by atoms with Crippen LogP contribution >= 0.6 is 0 Å². The first kappa shape index (κ1) is 20.5. The summed E-state index contributed by atoms with van der Waals surface area (Å²) in [7, 11) is 0. The van der Waals surface area contributed by atoms with Gasteiger partial charge in [0.25, 0.3) is 0 Å². The molecule has 160 valence electrons. The molecule has 0 radical (unpaired) electrons. The maximum atomic E-state index is 11.1. The van der Waals surface area contributed by atoms with E-state index in [-0.39, 0.29) is 24.9 Å². The first-order valence-corrected chi connectivity index (χ1v) is 10.2. The quantitative estimate of drug-likeness (QED) is 0.680. The lowest BCUT2D eigenvalue weighted by Crippen LogP contribution is -2.50. The number of hydrogen-bond donors (Lipinski definition) is 2. The second-order valence-corrected chi connectivity index (χ2v) is 7.58. The predicted molar refractivity (Wildman–Crippen MR) is 112 cm³/mol. The van der Waals surface area contributed by atoms with Crippen LogP contribution < -0.4 is 5.32 Å². The van der Waals surface area contributed by atoms with E-state index in [0.29, 0.717) is 6.42 Å². The summed E-state index contributed by atoms with van der Waals surface area (Å²) in [5.74, 6) is 0.365. The summed E-state index contributed by atoms with van der Waals surface area (Å²) in [4.78, 5) is 27.0. The summed E-state index contributed by atoms with van der Waals surface area (Å²) >= 11 is 0. The second kappa shape index (κ2) is 8.93. The zero-order valence-electron chi connectivity index (χ0n) is 17.1. The van der Waals surface area contributed by atoms with Gasteiger partial charge in [0.2, 0.25) is 0 Å². The number of esters is 1. The average Bonchev–Trinajstić information content (AvgIpc) is 3.34. The van der Waals surface area contributed by atoms with Gasteiger partial charge in [-0.25, -0.2) is 4.99 Å². The van der Waals surface area contributed by atoms with Crippen molar-refractivity contribution >= 4 is 24.5 Å². The molecule has 0 spiro atoms. The number of amidine groups is 1. The third kappa shape index (κ3) is 4.22. The van der Waals surface area contributed by atoms with Crippen LogP contribution in [0.3, 0.4) is 0 Å². The molecule has 1 aromatic rings. The van der Waals surface area contributed by atoms with Gasteiger partial charge in [-0.15, -0.1) is 0 Å². The number of carbonyl (C=O) groups is 1. The highest BCUT2D eigenvalue weighted by molar-refractivity contribution is 6.00. The number of fused-ring (bicyclic) bond motifs is 1. The first-order chi connectivity index (χ1) is 14.6. The zero-order chi connectivity index (χ0) is 21.1. The third-order valence-electron chi connectivity index (χ3n) is 5.52. The van der Waals surface area contributed by atoms with E-state index in [9.17, 15) is 9.90 Å². The van der Waals surface area contributed by atoms with Crippen molar-refractivity contribution in [3.05, 3.63) is 35.9 Å². The summed E-state index contributed by atoms with van der Waals surface area (Å²) in [5.41, 5.74) is 1.16. The lowest BCUT2D eigenvalue weighted by molar-refractivity contribution is -0.148. The summed E-state index contributed by atoms with van der Waals surface area (Å²) in [6.07, 6.45) is 2.64. The topological polar surface area (TPSA) is 108 Å². The molecule has 0 amide bonds. The first-order valence-electron chi connectivity index (χ1n) is 10.2. The number of benzene rings is 1. The fourth-order valence-electron chi connectivity index (χ4n) is 3.94. The molecule has 0 aromatic heterocycles. The Morgan fingerprint density at radius 3 is 2.93 bits per heavy atom. The van der Waals surface area contributed by atoms with Crippen molar-refractivity contribution in [2.24, 2.45) is 15.0 Å². The van der Waals surface area contributed by atoms with E-state index in [2.05, 4.69) is 34.4 Å². The number of aliphatic imine (C=N–C) groups is 3. The molecule has 6 atom stereocenters. The normalized spacial score (nSPS) is 32.2. The molecule has 30 heavy (non-hydrogen) atoms. The van der Waals surface area contributed by atoms with Crippen molar-refractivity contribution in [3.8, 4) is 0 Å². The molecule has 0 bridgehead atoms. The summed E-state index contributed by atoms with van der Waals surface area (Å²) in [6.45, 7) is 3.47. The van der Waals surface area contributed by atoms with Gasteiger partial charge in [0, 0.05) is 13.3 Å². The highest BCUT2D eigenvalue weighted by Gasteiger charge is 2.45. The molecule has 9 heteroatoms. The van der Waals surface area contributed by atoms with Crippen LogP contribution in [0.25, 0.3) is 0 Å². The smallest absolute Gasteiger partial charge is 0.302 e. The van der Waals surface area contributed by atoms with Gasteiger partial charge in [0.05, 0.1) is 24.8 Å². The molecule has 9 nitrogen and oxygen atoms in total. The lowest BCUT2D eigenvalue weighted by atomic mass is 10.0. The largest absolute Gasteiger partial charge is 0.463 e. The maximum Gasteiger partial charge on any atom is 0.302 e. The van der Waals surface area contributed by atoms with Gasteiger partial charge in [-0.1, -0.05) is 37.3 Å². The Bertz CT molecular complexity index is 843. The van der Waals surface area contributed by atoms with Gasteiger partial charge in [-0.3, -0.25) is 14.8 Å². The van der Waals surface area contributed by atoms with Crippen LogP contribution in [0, 0.1) is 0 Å². The van der Waals surface area contributed by atoms with Crippen molar-refractivity contribution < 1.29 is 19.4 Å². The van der Waals surface area contributed by atoms with Crippen molar-refractivity contribution in [3.63, 3.8) is 0 Å². The molecule has 0 saturated carbocycles. The molecule has 3 aliphatic rings. The number of ether oxygens (including phenoxy) is 2. The van der Waals surface area contributed by atoms with Gasteiger partial charge >= 0.3 is 5.97 Å². The molecule has 4 rings (SSSR count). The molecule has 3 heterocycles. The monoisotopic (exact) mass is 413 g/mol. The summed E-state index contributed by atoms with van der Waals surface area (Å²) < 4.78 is 10.9. The lowest BCUT2D eigenvalue weighted by Gasteiger charge is -2.32. The van der Waals surface area contributed by atoms with E-state index in [1.807, 2.05) is 23.1 Å². The number of aliphatic hydroxyl groups excluding tert-OH is 1. The van der Waals surface area contributed by atoms with Crippen molar-refractivity contribution in [1.29, 1.82) is 0 Å². The highest BCUT2D eigenvalue weighted by atomic mass is 16.6. The Balaban J connectivity index is 1.46. The Hall–Kier alpha value is -2.78. The minimum Gasteiger partial charge on any atom is -0.463 e. The predicted octanol–water partition coefficient (Wildman–Crippen LogP) is 1.25. The number of nitrogens with zero attached hydrogens (tertiary/aromatic N) is 4. The number of rotatable bonds is 6. The summed E-state index contributed by atoms with van der Waals surface area (Å²) in [5, 5.41) is 13.5. The van der Waals surface area contributed by atoms with Gasteiger partial charge in [0.15, 0.2) is 6.17 Å². The van der Waals surface area contributed by atoms with Crippen LogP contribution in [0.2, 0.25) is 0 Å². The molecule has 1 fully saturated rings. The molecule has 0 aliphatic carbocycles. The number of hydrogen-bond acceptors (Lipinski definition) is 8. The molecular formula is C21H27N5O4. The molecule has 1 aromatic carbocycles. The minimum absolute atomic E-state index is 0.0267. The highest BCUT2D eigenvalue weighted by Crippen LogP contribution is 2.30. The van der Waals surface area contributed by atoms with Gasteiger partial charge in [-0.05, 0) is 12.0 Å². The number of aliphatic hydroxyl groups is 1. The molecule has 1 saturated heterocycles. The molecular weight excluding hydrogens is 386 g/mol. The zero-order valence-corrected chi connectivity index (χ0v) is 17.1. The standard InChI is InChI=1S/C21H27N5O4/c1-3-15(14-7-5-4-6-8-14)25-20-19-21(23-11-22-20)26(12-24-19)18-9-16(28)17(30-18)10-29-13(2)27/h4-8,11-12,15-19,21,28H,3,9-10H2,1-2H3,(H,22,23,25)/t15-,16?,17-,18-,19?,21?/m1/s1. The van der Waals surface area contributed by atoms with E-state index < -0.39 is 24.4 Å². The van der Waals surface area contributed by atoms with E-state index in [0.717, 1.165) is 17.8 Å².